The number of halogens is 1. The number of benzene rings is 1. The summed E-state index contributed by atoms with van der Waals surface area (Å²) in [6.07, 6.45) is 7.74. The fraction of sp³-hybridized carbons (Fsp3) is 0.391. The molecule has 0 saturated heterocycles. The molecular weight excluding hydrogens is 448 g/mol. The van der Waals surface area contributed by atoms with Gasteiger partial charge in [-0.1, -0.05) is 12.2 Å². The van der Waals surface area contributed by atoms with E-state index in [-0.39, 0.29) is 11.5 Å². The summed E-state index contributed by atoms with van der Waals surface area (Å²) in [5.41, 5.74) is 1.40. The zero-order chi connectivity index (χ0) is 21.8. The highest BCUT2D eigenvalue weighted by Crippen LogP contribution is 2.29. The number of amides is 1. The van der Waals surface area contributed by atoms with E-state index in [9.17, 15) is 9.59 Å². The van der Waals surface area contributed by atoms with Gasteiger partial charge in [0.15, 0.2) is 0 Å². The molecule has 2 aromatic rings. The monoisotopic (exact) mass is 474 g/mol. The van der Waals surface area contributed by atoms with Gasteiger partial charge in [-0.15, -0.1) is 0 Å². The largest absolute Gasteiger partial charge is 0.495 e. The van der Waals surface area contributed by atoms with Crippen molar-refractivity contribution in [2.45, 2.75) is 26.2 Å². The van der Waals surface area contributed by atoms with E-state index < -0.39 is 0 Å². The second kappa shape index (κ2) is 9.51. The van der Waals surface area contributed by atoms with Crippen LogP contribution in [0.5, 0.6) is 11.5 Å². The van der Waals surface area contributed by atoms with Crippen LogP contribution in [0, 0.1) is 12.8 Å². The minimum atomic E-state index is -0.267. The molecule has 0 N–H and O–H groups in total. The number of hydrogen-bond acceptors (Lipinski definition) is 4. The molecule has 1 amide bonds. The number of aryl methyl sites for hydroxylation is 1. The Balaban J connectivity index is 2.00. The van der Waals surface area contributed by atoms with Crippen molar-refractivity contribution < 1.29 is 14.3 Å². The van der Waals surface area contributed by atoms with Crippen LogP contribution in [0.25, 0.3) is 5.69 Å². The Kier molecular flexibility index (Phi) is 7.02. The van der Waals surface area contributed by atoms with Crippen molar-refractivity contribution in [3.8, 4) is 17.2 Å². The molecule has 1 aliphatic rings. The fourth-order valence-corrected chi connectivity index (χ4v) is 3.97. The van der Waals surface area contributed by atoms with Gasteiger partial charge in [0.2, 0.25) is 0 Å². The SMILES string of the molecule is COc1ccc(C(=O)N(C)C)cc1-n1c(C)cc(OCC2C=CCCC2)c(Br)c1=O. The van der Waals surface area contributed by atoms with E-state index in [1.807, 2.05) is 13.0 Å². The van der Waals surface area contributed by atoms with Crippen molar-refractivity contribution in [3.05, 3.63) is 62.5 Å². The summed E-state index contributed by atoms with van der Waals surface area (Å²) < 4.78 is 13.3. The average Bonchev–Trinajstić information content (AvgIpc) is 2.75. The van der Waals surface area contributed by atoms with Crippen LogP contribution in [-0.2, 0) is 0 Å². The van der Waals surface area contributed by atoms with Crippen LogP contribution in [0.15, 0.2) is 45.7 Å². The summed E-state index contributed by atoms with van der Waals surface area (Å²) in [5.74, 6) is 1.24. The number of pyridine rings is 1. The maximum Gasteiger partial charge on any atom is 0.273 e. The Labute approximate surface area is 185 Å². The second-order valence-corrected chi connectivity index (χ2v) is 8.41. The summed E-state index contributed by atoms with van der Waals surface area (Å²) in [6.45, 7) is 2.37. The first-order valence-corrected chi connectivity index (χ1v) is 10.7. The van der Waals surface area contributed by atoms with Crippen molar-refractivity contribution in [1.29, 1.82) is 0 Å². The third kappa shape index (κ3) is 4.61. The maximum atomic E-state index is 13.2. The molecule has 1 unspecified atom stereocenters. The molecule has 160 valence electrons. The lowest BCUT2D eigenvalue weighted by atomic mass is 9.97. The van der Waals surface area contributed by atoms with E-state index in [1.54, 1.807) is 32.3 Å². The molecule has 0 bridgehead atoms. The van der Waals surface area contributed by atoms with Crippen molar-refractivity contribution in [3.63, 3.8) is 0 Å². The molecule has 0 radical (unpaired) electrons. The molecule has 1 aromatic carbocycles. The Morgan fingerprint density at radius 2 is 2.03 bits per heavy atom. The molecule has 0 fully saturated rings. The third-order valence-electron chi connectivity index (χ3n) is 5.18. The number of nitrogens with zero attached hydrogens (tertiary/aromatic N) is 2. The van der Waals surface area contributed by atoms with Gasteiger partial charge in [0.25, 0.3) is 11.5 Å². The van der Waals surface area contributed by atoms with E-state index >= 15 is 0 Å². The van der Waals surface area contributed by atoms with Gasteiger partial charge in [-0.2, -0.15) is 0 Å². The van der Waals surface area contributed by atoms with E-state index in [2.05, 4.69) is 28.1 Å². The molecule has 0 saturated carbocycles. The summed E-state index contributed by atoms with van der Waals surface area (Å²) in [7, 11) is 4.92. The molecule has 1 heterocycles. The number of hydrogen-bond donors (Lipinski definition) is 0. The van der Waals surface area contributed by atoms with Crippen LogP contribution in [0.2, 0.25) is 0 Å². The van der Waals surface area contributed by atoms with Gasteiger partial charge in [0.05, 0.1) is 19.4 Å². The number of carbonyl (C=O) groups is 1. The Bertz CT molecular complexity index is 1030. The first-order valence-electron chi connectivity index (χ1n) is 9.95. The van der Waals surface area contributed by atoms with Gasteiger partial charge in [-0.3, -0.25) is 14.2 Å². The lowest BCUT2D eigenvalue weighted by Crippen LogP contribution is -2.25. The van der Waals surface area contributed by atoms with E-state index in [0.717, 1.165) is 19.3 Å². The lowest BCUT2D eigenvalue weighted by molar-refractivity contribution is 0.0827. The predicted octanol–water partition coefficient (Wildman–Crippen LogP) is 4.35. The normalized spacial score (nSPS) is 15.7. The molecule has 6 nitrogen and oxygen atoms in total. The number of aromatic nitrogens is 1. The first kappa shape index (κ1) is 22.2. The topological polar surface area (TPSA) is 60.8 Å². The molecule has 1 aromatic heterocycles. The van der Waals surface area contributed by atoms with E-state index in [4.69, 9.17) is 9.47 Å². The number of rotatable bonds is 6. The summed E-state index contributed by atoms with van der Waals surface area (Å²) in [4.78, 5) is 27.1. The van der Waals surface area contributed by atoms with Crippen molar-refractivity contribution in [2.24, 2.45) is 5.92 Å². The lowest BCUT2D eigenvalue weighted by Gasteiger charge is -2.20. The van der Waals surface area contributed by atoms with Gasteiger partial charge < -0.3 is 14.4 Å². The molecule has 7 heteroatoms. The Hall–Kier alpha value is -2.54. The summed E-state index contributed by atoms with van der Waals surface area (Å²) >= 11 is 3.41. The quantitative estimate of drug-likeness (QED) is 0.583. The van der Waals surface area contributed by atoms with Gasteiger partial charge in [-0.25, -0.2) is 0 Å². The maximum absolute atomic E-state index is 13.2. The predicted molar refractivity (Wildman–Crippen MR) is 121 cm³/mol. The second-order valence-electron chi connectivity index (χ2n) is 7.62. The molecule has 1 aliphatic carbocycles. The van der Waals surface area contributed by atoms with Crippen LogP contribution in [0.3, 0.4) is 0 Å². The Morgan fingerprint density at radius 1 is 1.27 bits per heavy atom. The molecular formula is C23H27BrN2O4. The summed E-state index contributed by atoms with van der Waals surface area (Å²) in [5, 5.41) is 0. The number of methoxy groups -OCH3 is 1. The zero-order valence-corrected chi connectivity index (χ0v) is 19.4. The first-order chi connectivity index (χ1) is 14.3. The smallest absolute Gasteiger partial charge is 0.273 e. The van der Waals surface area contributed by atoms with Gasteiger partial charge in [0.1, 0.15) is 16.0 Å². The molecule has 30 heavy (non-hydrogen) atoms. The number of ether oxygens (including phenoxy) is 2. The number of carbonyl (C=O) groups excluding carboxylic acids is 1. The minimum Gasteiger partial charge on any atom is -0.495 e. The highest BCUT2D eigenvalue weighted by molar-refractivity contribution is 9.10. The van der Waals surface area contributed by atoms with Gasteiger partial charge >= 0.3 is 0 Å². The Morgan fingerprint density at radius 3 is 2.67 bits per heavy atom. The molecule has 0 aliphatic heterocycles. The van der Waals surface area contributed by atoms with Crippen LogP contribution in [0.4, 0.5) is 0 Å². The third-order valence-corrected chi connectivity index (χ3v) is 5.91. The van der Waals surface area contributed by atoms with Crippen LogP contribution < -0.4 is 15.0 Å². The van der Waals surface area contributed by atoms with Gasteiger partial charge in [0, 0.05) is 37.3 Å². The van der Waals surface area contributed by atoms with E-state index in [1.165, 1.54) is 16.6 Å². The molecule has 0 spiro atoms. The van der Waals surface area contributed by atoms with Crippen molar-refractivity contribution in [1.82, 2.24) is 9.47 Å². The molecule has 1 atom stereocenters. The molecule has 3 rings (SSSR count). The highest BCUT2D eigenvalue weighted by atomic mass is 79.9. The van der Waals surface area contributed by atoms with Crippen LogP contribution in [0.1, 0.15) is 35.3 Å². The fourth-order valence-electron chi connectivity index (χ4n) is 3.56. The minimum absolute atomic E-state index is 0.149. The van der Waals surface area contributed by atoms with Crippen molar-refractivity contribution in [2.75, 3.05) is 27.8 Å². The van der Waals surface area contributed by atoms with Crippen LogP contribution in [-0.4, -0.2) is 43.2 Å². The highest BCUT2D eigenvalue weighted by Gasteiger charge is 2.19. The van der Waals surface area contributed by atoms with Gasteiger partial charge in [-0.05, 0) is 60.3 Å². The average molecular weight is 475 g/mol. The van der Waals surface area contributed by atoms with E-state index in [0.29, 0.717) is 45.4 Å². The zero-order valence-electron chi connectivity index (χ0n) is 17.8. The standard InChI is InChI=1S/C23H27BrN2O4/c1-15-12-20(30-14-16-8-6-5-7-9-16)21(24)23(28)26(15)18-13-17(22(27)25(2)3)10-11-19(18)29-4/h6,8,10-13,16H,5,7,9,14H2,1-4H3. The number of allylic oxidation sites excluding steroid dienone is 1. The van der Waals surface area contributed by atoms with Crippen LogP contribution >= 0.6 is 15.9 Å². The summed E-state index contributed by atoms with van der Waals surface area (Å²) in [6, 6.07) is 6.90. The van der Waals surface area contributed by atoms with Crippen molar-refractivity contribution >= 4 is 21.8 Å².